The van der Waals surface area contributed by atoms with Crippen molar-refractivity contribution in [2.24, 2.45) is 0 Å². The van der Waals surface area contributed by atoms with Crippen LogP contribution in [0.2, 0.25) is 0 Å². The third kappa shape index (κ3) is 5.13. The van der Waals surface area contributed by atoms with Gasteiger partial charge in [-0.2, -0.15) is 4.31 Å². The zero-order chi connectivity index (χ0) is 21.8. The van der Waals surface area contributed by atoms with Gasteiger partial charge in [-0.1, -0.05) is 18.2 Å². The summed E-state index contributed by atoms with van der Waals surface area (Å²) in [5.41, 5.74) is 0.623. The molecule has 0 spiro atoms. The van der Waals surface area contributed by atoms with Crippen LogP contribution in [0.4, 0.5) is 5.69 Å². The van der Waals surface area contributed by atoms with Gasteiger partial charge < -0.3 is 14.8 Å². The van der Waals surface area contributed by atoms with E-state index in [9.17, 15) is 13.2 Å². The van der Waals surface area contributed by atoms with Crippen LogP contribution in [0.1, 0.15) is 26.2 Å². The Labute approximate surface area is 186 Å². The van der Waals surface area contributed by atoms with Crippen molar-refractivity contribution in [3.63, 3.8) is 0 Å². The van der Waals surface area contributed by atoms with Crippen molar-refractivity contribution in [2.45, 2.75) is 41.4 Å². The monoisotopic (exact) mass is 463 g/mol. The van der Waals surface area contributed by atoms with Gasteiger partial charge in [0, 0.05) is 31.0 Å². The standard InChI is InChI=1S/C21H25N3O5S2/c1-15(21(25)23-16-5-7-18-19(13-16)29-12-11-28-18)30-20-8-6-17(14-22-20)31(26,27)24-9-3-2-4-10-24/h5-8,13-15H,2-4,9-12H2,1H3,(H,23,25). The van der Waals surface area contributed by atoms with E-state index in [-0.39, 0.29) is 10.8 Å². The van der Waals surface area contributed by atoms with Gasteiger partial charge in [0.25, 0.3) is 0 Å². The molecular weight excluding hydrogens is 438 g/mol. The molecule has 1 amide bonds. The Bertz CT molecular complexity index is 1040. The lowest BCUT2D eigenvalue weighted by Gasteiger charge is -2.25. The summed E-state index contributed by atoms with van der Waals surface area (Å²) in [5, 5.41) is 3.02. The Kier molecular flexibility index (Phi) is 6.68. The Balaban J connectivity index is 1.37. The number of fused-ring (bicyclic) bond motifs is 1. The largest absolute Gasteiger partial charge is 0.486 e. The number of nitrogens with zero attached hydrogens (tertiary/aromatic N) is 2. The van der Waals surface area contributed by atoms with Crippen LogP contribution >= 0.6 is 11.8 Å². The Morgan fingerprint density at radius 2 is 1.84 bits per heavy atom. The fourth-order valence-corrected chi connectivity index (χ4v) is 5.69. The van der Waals surface area contributed by atoms with Gasteiger partial charge in [-0.05, 0) is 44.0 Å². The van der Waals surface area contributed by atoms with Crippen LogP contribution < -0.4 is 14.8 Å². The Morgan fingerprint density at radius 3 is 2.55 bits per heavy atom. The van der Waals surface area contributed by atoms with Crippen LogP contribution in [0.5, 0.6) is 11.5 Å². The maximum Gasteiger partial charge on any atom is 0.244 e. The molecule has 2 aliphatic rings. The number of pyridine rings is 1. The Hall–Kier alpha value is -2.30. The summed E-state index contributed by atoms with van der Waals surface area (Å²) in [5.74, 6) is 1.08. The number of carbonyl (C=O) groups excluding carboxylic acids is 1. The summed E-state index contributed by atoms with van der Waals surface area (Å²) in [4.78, 5) is 17.0. The lowest BCUT2D eigenvalue weighted by molar-refractivity contribution is -0.115. The number of amides is 1. The molecule has 0 radical (unpaired) electrons. The second-order valence-corrected chi connectivity index (χ2v) is 10.7. The van der Waals surface area contributed by atoms with E-state index in [4.69, 9.17) is 9.47 Å². The highest BCUT2D eigenvalue weighted by molar-refractivity contribution is 8.00. The summed E-state index contributed by atoms with van der Waals surface area (Å²) in [6, 6.07) is 8.48. The molecular formula is C21H25N3O5S2. The van der Waals surface area contributed by atoms with Crippen molar-refractivity contribution >= 4 is 33.4 Å². The van der Waals surface area contributed by atoms with Crippen molar-refractivity contribution in [3.05, 3.63) is 36.5 Å². The van der Waals surface area contributed by atoms with E-state index in [0.29, 0.717) is 48.5 Å². The van der Waals surface area contributed by atoms with Crippen molar-refractivity contribution in [3.8, 4) is 11.5 Å². The summed E-state index contributed by atoms with van der Waals surface area (Å²) < 4.78 is 38.0. The predicted molar refractivity (Wildman–Crippen MR) is 118 cm³/mol. The topological polar surface area (TPSA) is 97.8 Å². The second-order valence-electron chi connectivity index (χ2n) is 7.40. The molecule has 0 bridgehead atoms. The minimum absolute atomic E-state index is 0.187. The molecule has 2 aromatic rings. The lowest BCUT2D eigenvalue weighted by Crippen LogP contribution is -2.35. The van der Waals surface area contributed by atoms with Gasteiger partial charge in [0.05, 0.1) is 10.3 Å². The van der Waals surface area contributed by atoms with Gasteiger partial charge in [-0.3, -0.25) is 4.79 Å². The summed E-state index contributed by atoms with van der Waals surface area (Å²) in [6.07, 6.45) is 4.21. The van der Waals surface area contributed by atoms with E-state index < -0.39 is 15.3 Å². The van der Waals surface area contributed by atoms with Gasteiger partial charge in [-0.25, -0.2) is 13.4 Å². The molecule has 2 aliphatic heterocycles. The number of nitrogens with one attached hydrogen (secondary N) is 1. The normalized spacial score (nSPS) is 17.7. The van der Waals surface area contributed by atoms with E-state index in [2.05, 4.69) is 10.3 Å². The van der Waals surface area contributed by atoms with E-state index in [1.165, 1.54) is 22.3 Å². The molecule has 4 rings (SSSR count). The number of rotatable bonds is 6. The van der Waals surface area contributed by atoms with Crippen molar-refractivity contribution < 1.29 is 22.7 Å². The molecule has 1 aromatic carbocycles. The minimum atomic E-state index is -3.51. The van der Waals surface area contributed by atoms with E-state index >= 15 is 0 Å². The average Bonchev–Trinajstić information content (AvgIpc) is 2.80. The third-order valence-electron chi connectivity index (χ3n) is 5.14. The van der Waals surface area contributed by atoms with Crippen molar-refractivity contribution in [1.29, 1.82) is 0 Å². The molecule has 0 saturated carbocycles. The number of sulfonamides is 1. The number of hydrogen-bond acceptors (Lipinski definition) is 7. The number of anilines is 1. The number of piperidine rings is 1. The quantitative estimate of drug-likeness (QED) is 0.657. The van der Waals surface area contributed by atoms with Crippen molar-refractivity contribution in [1.82, 2.24) is 9.29 Å². The first-order valence-electron chi connectivity index (χ1n) is 10.3. The SMILES string of the molecule is CC(Sc1ccc(S(=O)(=O)N2CCCCC2)cn1)C(=O)Nc1ccc2c(c1)OCCO2. The highest BCUT2D eigenvalue weighted by Crippen LogP contribution is 2.33. The molecule has 31 heavy (non-hydrogen) atoms. The van der Waals surface area contributed by atoms with Crippen LogP contribution in [0, 0.1) is 0 Å². The molecule has 3 heterocycles. The summed E-state index contributed by atoms with van der Waals surface area (Å²) in [6.45, 7) is 3.87. The predicted octanol–water partition coefficient (Wildman–Crippen LogP) is 3.15. The van der Waals surface area contributed by atoms with Gasteiger partial charge in [0.15, 0.2) is 11.5 Å². The molecule has 1 aromatic heterocycles. The van der Waals surface area contributed by atoms with Gasteiger partial charge in [-0.15, -0.1) is 0 Å². The van der Waals surface area contributed by atoms with Crippen LogP contribution in [0.3, 0.4) is 0 Å². The number of ether oxygens (including phenoxy) is 2. The third-order valence-corrected chi connectivity index (χ3v) is 8.07. The van der Waals surface area contributed by atoms with E-state index in [1.54, 1.807) is 37.3 Å². The van der Waals surface area contributed by atoms with Crippen LogP contribution in [0.15, 0.2) is 46.5 Å². The number of thioether (sulfide) groups is 1. The zero-order valence-electron chi connectivity index (χ0n) is 17.2. The summed E-state index contributed by atoms with van der Waals surface area (Å²) in [7, 11) is -3.51. The number of carbonyl (C=O) groups is 1. The van der Waals surface area contributed by atoms with Gasteiger partial charge in [0.1, 0.15) is 18.1 Å². The van der Waals surface area contributed by atoms with Gasteiger partial charge in [0.2, 0.25) is 15.9 Å². The average molecular weight is 464 g/mol. The van der Waals surface area contributed by atoms with Crippen LogP contribution in [-0.2, 0) is 14.8 Å². The zero-order valence-corrected chi connectivity index (χ0v) is 18.9. The highest BCUT2D eigenvalue weighted by atomic mass is 32.2. The molecule has 0 aliphatic carbocycles. The smallest absolute Gasteiger partial charge is 0.244 e. The van der Waals surface area contributed by atoms with E-state index in [0.717, 1.165) is 19.3 Å². The first-order chi connectivity index (χ1) is 14.9. The molecule has 1 N–H and O–H groups in total. The van der Waals surface area contributed by atoms with Gasteiger partial charge >= 0.3 is 0 Å². The molecule has 10 heteroatoms. The second kappa shape index (κ2) is 9.46. The fraction of sp³-hybridized carbons (Fsp3) is 0.429. The molecule has 1 saturated heterocycles. The maximum atomic E-state index is 12.7. The summed E-state index contributed by atoms with van der Waals surface area (Å²) >= 11 is 1.27. The van der Waals surface area contributed by atoms with Crippen LogP contribution in [0.25, 0.3) is 0 Å². The number of benzene rings is 1. The maximum absolute atomic E-state index is 12.7. The number of hydrogen-bond donors (Lipinski definition) is 1. The fourth-order valence-electron chi connectivity index (χ4n) is 3.44. The molecule has 166 valence electrons. The highest BCUT2D eigenvalue weighted by Gasteiger charge is 2.26. The van der Waals surface area contributed by atoms with Crippen molar-refractivity contribution in [2.75, 3.05) is 31.6 Å². The molecule has 8 nitrogen and oxygen atoms in total. The number of aromatic nitrogens is 1. The lowest BCUT2D eigenvalue weighted by atomic mass is 10.2. The van der Waals surface area contributed by atoms with Crippen LogP contribution in [-0.4, -0.2) is 55.2 Å². The first-order valence-corrected chi connectivity index (χ1v) is 12.6. The molecule has 1 atom stereocenters. The molecule has 1 unspecified atom stereocenters. The Morgan fingerprint density at radius 1 is 1.10 bits per heavy atom. The van der Waals surface area contributed by atoms with E-state index in [1.807, 2.05) is 0 Å². The first kappa shape index (κ1) is 21.9. The molecule has 1 fully saturated rings. The minimum Gasteiger partial charge on any atom is -0.486 e.